The summed E-state index contributed by atoms with van der Waals surface area (Å²) in [6.45, 7) is 1.24. The monoisotopic (exact) mass is 278 g/mol. The number of ether oxygens (including phenoxy) is 2. The van der Waals surface area contributed by atoms with E-state index in [1.807, 2.05) is 0 Å². The number of anilines is 2. The molecule has 1 fully saturated rings. The highest BCUT2D eigenvalue weighted by molar-refractivity contribution is 5.88. The molecule has 0 radical (unpaired) electrons. The second-order valence-electron chi connectivity index (χ2n) is 4.31. The lowest BCUT2D eigenvalue weighted by Gasteiger charge is -2.34. The first-order valence-corrected chi connectivity index (χ1v) is 6.09. The molecule has 0 aromatic carbocycles. The minimum atomic E-state index is -0.561. The van der Waals surface area contributed by atoms with Gasteiger partial charge < -0.3 is 25.1 Å². The predicted octanol–water partition coefficient (Wildman–Crippen LogP) is -0.687. The first-order chi connectivity index (χ1) is 9.70. The fraction of sp³-hybridized carbons (Fsp3) is 0.455. The molecule has 2 aromatic rings. The summed E-state index contributed by atoms with van der Waals surface area (Å²) in [5.41, 5.74) is 6.79. The zero-order valence-corrected chi connectivity index (χ0v) is 10.9. The molecular formula is C11H14N6O3. The number of esters is 1. The number of hydrogen-bond donors (Lipinski definition) is 2. The number of nitrogens with one attached hydrogen (secondary N) is 1. The zero-order chi connectivity index (χ0) is 14.1. The van der Waals surface area contributed by atoms with Crippen molar-refractivity contribution in [2.75, 3.05) is 37.5 Å². The van der Waals surface area contributed by atoms with E-state index in [2.05, 4.69) is 19.9 Å². The summed E-state index contributed by atoms with van der Waals surface area (Å²) in [6.07, 6.45) is 1.51. The van der Waals surface area contributed by atoms with Gasteiger partial charge >= 0.3 is 5.97 Å². The number of H-pyrrole nitrogens is 1. The number of aromatic amines is 1. The number of nitrogens with two attached hydrogens (primary N) is 1. The molecule has 9 nitrogen and oxygen atoms in total. The molecule has 3 heterocycles. The topological polar surface area (TPSA) is 119 Å². The molecule has 3 rings (SSSR count). The Hall–Kier alpha value is -2.42. The fourth-order valence-corrected chi connectivity index (χ4v) is 2.23. The number of morpholine rings is 1. The first kappa shape index (κ1) is 12.6. The van der Waals surface area contributed by atoms with Crippen molar-refractivity contribution in [3.8, 4) is 0 Å². The van der Waals surface area contributed by atoms with Crippen molar-refractivity contribution in [2.45, 2.75) is 6.04 Å². The number of nitrogens with zero attached hydrogens (tertiary/aromatic N) is 4. The molecule has 0 saturated carbocycles. The van der Waals surface area contributed by atoms with Crippen LogP contribution in [0.4, 0.5) is 11.8 Å². The normalized spacial score (nSPS) is 19.2. The summed E-state index contributed by atoms with van der Waals surface area (Å²) in [7, 11) is 1.34. The minimum absolute atomic E-state index is 0.106. The number of carbonyl (C=O) groups is 1. The van der Waals surface area contributed by atoms with E-state index in [4.69, 9.17) is 15.2 Å². The van der Waals surface area contributed by atoms with Gasteiger partial charge in [-0.05, 0) is 0 Å². The number of hydrogen-bond acceptors (Lipinski definition) is 8. The molecule has 1 aliphatic rings. The van der Waals surface area contributed by atoms with Crippen LogP contribution in [-0.4, -0.2) is 58.8 Å². The zero-order valence-electron chi connectivity index (χ0n) is 10.9. The summed E-state index contributed by atoms with van der Waals surface area (Å²) in [5.74, 6) is 0.257. The highest BCUT2D eigenvalue weighted by Crippen LogP contribution is 2.25. The molecule has 20 heavy (non-hydrogen) atoms. The lowest BCUT2D eigenvalue weighted by Crippen LogP contribution is -2.51. The predicted molar refractivity (Wildman–Crippen MR) is 70.1 cm³/mol. The van der Waals surface area contributed by atoms with E-state index < -0.39 is 6.04 Å². The largest absolute Gasteiger partial charge is 0.467 e. The van der Waals surface area contributed by atoms with Crippen LogP contribution in [0.15, 0.2) is 6.33 Å². The molecule has 0 bridgehead atoms. The van der Waals surface area contributed by atoms with Gasteiger partial charge in [-0.3, -0.25) is 0 Å². The Morgan fingerprint density at radius 3 is 3.25 bits per heavy atom. The Balaban J connectivity index is 2.07. The molecule has 106 valence electrons. The number of rotatable bonds is 2. The van der Waals surface area contributed by atoms with Crippen molar-refractivity contribution in [2.24, 2.45) is 0 Å². The van der Waals surface area contributed by atoms with Gasteiger partial charge in [-0.1, -0.05) is 0 Å². The standard InChI is InChI=1S/C11H14N6O3/c1-19-10(18)6-4-20-3-2-17(6)9-7-8(14-5-13-7)15-11(12)16-9/h5-6H,2-4H2,1H3,(H3,12,13,14,15,16). The maximum atomic E-state index is 11.9. The third-order valence-corrected chi connectivity index (χ3v) is 3.16. The van der Waals surface area contributed by atoms with E-state index in [0.717, 1.165) is 0 Å². The van der Waals surface area contributed by atoms with Crippen LogP contribution < -0.4 is 10.6 Å². The number of nitrogen functional groups attached to an aromatic ring is 1. The summed E-state index contributed by atoms with van der Waals surface area (Å²) in [4.78, 5) is 28.9. The van der Waals surface area contributed by atoms with E-state index in [9.17, 15) is 4.79 Å². The molecule has 1 atom stereocenters. The molecule has 0 amide bonds. The van der Waals surface area contributed by atoms with Crippen LogP contribution in [0.5, 0.6) is 0 Å². The van der Waals surface area contributed by atoms with Gasteiger partial charge in [0, 0.05) is 6.54 Å². The van der Waals surface area contributed by atoms with Crippen LogP contribution in [0.3, 0.4) is 0 Å². The van der Waals surface area contributed by atoms with Crippen LogP contribution in [0.2, 0.25) is 0 Å². The molecule has 3 N–H and O–H groups in total. The summed E-state index contributed by atoms with van der Waals surface area (Å²) in [5, 5.41) is 0. The number of carbonyl (C=O) groups excluding carboxylic acids is 1. The van der Waals surface area contributed by atoms with E-state index in [0.29, 0.717) is 30.1 Å². The van der Waals surface area contributed by atoms with Gasteiger partial charge in [0.2, 0.25) is 5.95 Å². The van der Waals surface area contributed by atoms with Crippen LogP contribution in [0, 0.1) is 0 Å². The quantitative estimate of drug-likeness (QED) is 0.693. The van der Waals surface area contributed by atoms with E-state index in [1.165, 1.54) is 13.4 Å². The minimum Gasteiger partial charge on any atom is -0.467 e. The SMILES string of the molecule is COC(=O)C1COCCN1c1nc(N)nc2nc[nH]c12. The molecular weight excluding hydrogens is 264 g/mol. The molecule has 1 saturated heterocycles. The maximum Gasteiger partial charge on any atom is 0.330 e. The van der Waals surface area contributed by atoms with Crippen molar-refractivity contribution < 1.29 is 14.3 Å². The van der Waals surface area contributed by atoms with E-state index in [1.54, 1.807) is 4.90 Å². The Morgan fingerprint density at radius 1 is 1.60 bits per heavy atom. The van der Waals surface area contributed by atoms with Gasteiger partial charge in [-0.15, -0.1) is 0 Å². The highest BCUT2D eigenvalue weighted by atomic mass is 16.5. The second kappa shape index (κ2) is 4.93. The van der Waals surface area contributed by atoms with Gasteiger partial charge in [0.15, 0.2) is 17.5 Å². The fourth-order valence-electron chi connectivity index (χ4n) is 2.23. The van der Waals surface area contributed by atoms with E-state index >= 15 is 0 Å². The van der Waals surface area contributed by atoms with Crippen LogP contribution in [0.25, 0.3) is 11.2 Å². The average Bonchev–Trinajstić information content (AvgIpc) is 2.93. The number of imidazole rings is 1. The third-order valence-electron chi connectivity index (χ3n) is 3.16. The smallest absolute Gasteiger partial charge is 0.330 e. The summed E-state index contributed by atoms with van der Waals surface area (Å²) >= 11 is 0. The van der Waals surface area contributed by atoms with Crippen molar-refractivity contribution in [3.05, 3.63) is 6.33 Å². The summed E-state index contributed by atoms with van der Waals surface area (Å²) in [6, 6.07) is -0.561. The van der Waals surface area contributed by atoms with Crippen LogP contribution >= 0.6 is 0 Å². The van der Waals surface area contributed by atoms with Crippen molar-refractivity contribution in [1.82, 2.24) is 19.9 Å². The Labute approximate surface area is 114 Å². The number of methoxy groups -OCH3 is 1. The molecule has 2 aromatic heterocycles. The first-order valence-electron chi connectivity index (χ1n) is 6.09. The lowest BCUT2D eigenvalue weighted by atomic mass is 10.2. The van der Waals surface area contributed by atoms with E-state index in [-0.39, 0.29) is 18.5 Å². The van der Waals surface area contributed by atoms with Crippen LogP contribution in [0.1, 0.15) is 0 Å². The van der Waals surface area contributed by atoms with Crippen molar-refractivity contribution >= 4 is 28.9 Å². The molecule has 0 aliphatic carbocycles. The molecule has 9 heteroatoms. The number of aromatic nitrogens is 4. The van der Waals surface area contributed by atoms with Gasteiger partial charge in [-0.25, -0.2) is 9.78 Å². The molecule has 1 aliphatic heterocycles. The molecule has 1 unspecified atom stereocenters. The van der Waals surface area contributed by atoms with Crippen molar-refractivity contribution in [1.29, 1.82) is 0 Å². The van der Waals surface area contributed by atoms with Gasteiger partial charge in [0.1, 0.15) is 5.52 Å². The van der Waals surface area contributed by atoms with Crippen LogP contribution in [-0.2, 0) is 14.3 Å². The lowest BCUT2D eigenvalue weighted by molar-refractivity contribution is -0.144. The second-order valence-corrected chi connectivity index (χ2v) is 4.31. The average molecular weight is 278 g/mol. The van der Waals surface area contributed by atoms with Gasteiger partial charge in [0.05, 0.1) is 26.7 Å². The number of fused-ring (bicyclic) bond motifs is 1. The Kier molecular flexibility index (Phi) is 3.11. The van der Waals surface area contributed by atoms with Crippen molar-refractivity contribution in [3.63, 3.8) is 0 Å². The molecule has 0 spiro atoms. The highest BCUT2D eigenvalue weighted by Gasteiger charge is 2.33. The maximum absolute atomic E-state index is 11.9. The Morgan fingerprint density at radius 2 is 2.45 bits per heavy atom. The van der Waals surface area contributed by atoms with Gasteiger partial charge in [0.25, 0.3) is 0 Å². The summed E-state index contributed by atoms with van der Waals surface area (Å²) < 4.78 is 10.1. The Bertz CT molecular complexity index is 642. The third kappa shape index (κ3) is 2.01. The van der Waals surface area contributed by atoms with Gasteiger partial charge in [-0.2, -0.15) is 9.97 Å².